The number of anilines is 2. The Bertz CT molecular complexity index is 1690. The summed E-state index contributed by atoms with van der Waals surface area (Å²) in [5.74, 6) is -2.92. The Balaban J connectivity index is 1.55. The second-order valence-corrected chi connectivity index (χ2v) is 9.61. The van der Waals surface area contributed by atoms with Crippen molar-refractivity contribution in [3.63, 3.8) is 0 Å². The number of urea groups is 1. The highest BCUT2D eigenvalue weighted by atomic mass is 35.5. The minimum absolute atomic E-state index is 0.0665. The van der Waals surface area contributed by atoms with E-state index in [1.807, 2.05) is 0 Å². The zero-order chi connectivity index (χ0) is 28.3. The van der Waals surface area contributed by atoms with Crippen molar-refractivity contribution in [3.8, 4) is 11.3 Å². The van der Waals surface area contributed by atoms with Crippen LogP contribution in [0.15, 0.2) is 48.7 Å². The Morgan fingerprint density at radius 2 is 1.90 bits per heavy atom. The zero-order valence-corrected chi connectivity index (χ0v) is 20.8. The van der Waals surface area contributed by atoms with Gasteiger partial charge in [0, 0.05) is 39.5 Å². The number of nitrogens with zero attached hydrogens (tertiary/aromatic N) is 3. The summed E-state index contributed by atoms with van der Waals surface area (Å²) in [6.07, 6.45) is -3.05. The summed E-state index contributed by atoms with van der Waals surface area (Å²) >= 11 is 6.39. The summed E-state index contributed by atoms with van der Waals surface area (Å²) in [7, 11) is 0. The van der Waals surface area contributed by atoms with Crippen LogP contribution < -0.4 is 15.5 Å². The molecule has 1 aromatic heterocycles. The number of benzene rings is 3. The first-order valence-electron chi connectivity index (χ1n) is 11.8. The SMILES string of the molecule is O=C(Nc1cc(-c2cn[nH]n2)c2c3c1C(c1cc(F)ccc1Cl)NC(=O)N3CC2)c1cc(F)cc(C(F)(F)F)c1. The van der Waals surface area contributed by atoms with Gasteiger partial charge in [0.05, 0.1) is 23.5 Å². The van der Waals surface area contributed by atoms with Gasteiger partial charge in [0.1, 0.15) is 17.3 Å². The molecule has 0 fully saturated rings. The lowest BCUT2D eigenvalue weighted by Crippen LogP contribution is -2.46. The predicted octanol–water partition coefficient (Wildman–Crippen LogP) is 5.85. The number of aromatic nitrogens is 3. The largest absolute Gasteiger partial charge is 0.416 e. The highest BCUT2D eigenvalue weighted by Gasteiger charge is 2.41. The summed E-state index contributed by atoms with van der Waals surface area (Å²) in [6.45, 7) is 0.277. The number of alkyl halides is 3. The third-order valence-electron chi connectivity index (χ3n) is 6.80. The number of carbonyl (C=O) groups excluding carboxylic acids is 2. The molecule has 0 bridgehead atoms. The van der Waals surface area contributed by atoms with Crippen LogP contribution in [0.3, 0.4) is 0 Å². The fourth-order valence-corrected chi connectivity index (χ4v) is 5.33. The van der Waals surface area contributed by atoms with Gasteiger partial charge in [-0.3, -0.25) is 9.69 Å². The fourth-order valence-electron chi connectivity index (χ4n) is 5.10. The van der Waals surface area contributed by atoms with Crippen molar-refractivity contribution < 1.29 is 31.5 Å². The molecule has 3 aromatic carbocycles. The monoisotopic (exact) mass is 574 g/mol. The molecule has 1 atom stereocenters. The average Bonchev–Trinajstić information content (AvgIpc) is 3.59. The van der Waals surface area contributed by atoms with E-state index in [1.54, 1.807) is 0 Å². The van der Waals surface area contributed by atoms with Crippen LogP contribution in [0.25, 0.3) is 11.3 Å². The summed E-state index contributed by atoms with van der Waals surface area (Å²) in [5, 5.41) is 15.9. The zero-order valence-electron chi connectivity index (χ0n) is 20.0. The van der Waals surface area contributed by atoms with E-state index in [2.05, 4.69) is 26.0 Å². The number of aromatic amines is 1. The Kier molecular flexibility index (Phi) is 5.98. The van der Waals surface area contributed by atoms with Gasteiger partial charge in [-0.2, -0.15) is 28.6 Å². The van der Waals surface area contributed by atoms with Crippen molar-refractivity contribution >= 4 is 34.9 Å². The van der Waals surface area contributed by atoms with E-state index in [-0.39, 0.29) is 28.9 Å². The van der Waals surface area contributed by atoms with Gasteiger partial charge in [-0.25, -0.2) is 13.6 Å². The van der Waals surface area contributed by atoms with Crippen LogP contribution in [0, 0.1) is 11.6 Å². The summed E-state index contributed by atoms with van der Waals surface area (Å²) < 4.78 is 68.3. The number of amides is 3. The molecule has 0 saturated heterocycles. The van der Waals surface area contributed by atoms with Crippen LogP contribution in [0.1, 0.15) is 38.7 Å². The van der Waals surface area contributed by atoms with E-state index in [0.29, 0.717) is 46.6 Å². The number of halogens is 6. The first-order valence-corrected chi connectivity index (χ1v) is 12.2. The number of carbonyl (C=O) groups is 2. The van der Waals surface area contributed by atoms with Gasteiger partial charge < -0.3 is 10.6 Å². The third-order valence-corrected chi connectivity index (χ3v) is 7.14. The quantitative estimate of drug-likeness (QED) is 0.266. The number of nitrogens with one attached hydrogen (secondary N) is 3. The Hall–Kier alpha value is -4.52. The van der Waals surface area contributed by atoms with Crippen molar-refractivity contribution in [3.05, 3.63) is 93.1 Å². The molecule has 3 amide bonds. The second-order valence-electron chi connectivity index (χ2n) is 9.20. The van der Waals surface area contributed by atoms with Crippen LogP contribution >= 0.6 is 11.6 Å². The van der Waals surface area contributed by atoms with Crippen LogP contribution in [-0.4, -0.2) is 33.9 Å². The highest BCUT2D eigenvalue weighted by molar-refractivity contribution is 6.31. The molecule has 40 heavy (non-hydrogen) atoms. The van der Waals surface area contributed by atoms with E-state index in [9.17, 15) is 31.5 Å². The summed E-state index contributed by atoms with van der Waals surface area (Å²) in [5.41, 5.74) is 0.660. The second kappa shape index (κ2) is 9.30. The number of H-pyrrole nitrogens is 1. The van der Waals surface area contributed by atoms with Crippen LogP contribution in [-0.2, 0) is 12.6 Å². The minimum Gasteiger partial charge on any atom is -0.327 e. The molecule has 1 unspecified atom stereocenters. The third kappa shape index (κ3) is 4.31. The van der Waals surface area contributed by atoms with E-state index in [0.717, 1.165) is 12.1 Å². The molecule has 2 aliphatic heterocycles. The number of rotatable bonds is 4. The maximum absolute atomic E-state index is 14.3. The maximum atomic E-state index is 14.3. The minimum atomic E-state index is -4.89. The first kappa shape index (κ1) is 25.7. The summed E-state index contributed by atoms with van der Waals surface area (Å²) in [6, 6.07) is 5.10. The highest BCUT2D eigenvalue weighted by Crippen LogP contribution is 2.49. The molecule has 0 radical (unpaired) electrons. The molecule has 0 saturated carbocycles. The van der Waals surface area contributed by atoms with Crippen LogP contribution in [0.4, 0.5) is 38.1 Å². The van der Waals surface area contributed by atoms with Crippen LogP contribution in [0.2, 0.25) is 5.02 Å². The smallest absolute Gasteiger partial charge is 0.327 e. The topological polar surface area (TPSA) is 103 Å². The molecule has 0 aliphatic carbocycles. The number of hydrogen-bond donors (Lipinski definition) is 3. The summed E-state index contributed by atoms with van der Waals surface area (Å²) in [4.78, 5) is 27.8. The van der Waals surface area contributed by atoms with E-state index in [4.69, 9.17) is 11.6 Å². The standard InChI is InChI=1S/C26H16ClF5N6O2/c27-18-2-1-13(28)8-17(18)22-21-19(34-24(39)11-5-12(26(30,31)32)7-14(29)6-11)9-16(20-10-33-37-36-20)15-3-4-38(23(15)21)25(40)35-22/h1-2,5-10,22H,3-4H2,(H,34,39)(H,35,40)(H,33,36,37). The lowest BCUT2D eigenvalue weighted by atomic mass is 9.88. The maximum Gasteiger partial charge on any atom is 0.416 e. The van der Waals surface area contributed by atoms with Gasteiger partial charge >= 0.3 is 12.2 Å². The Morgan fingerprint density at radius 3 is 2.62 bits per heavy atom. The lowest BCUT2D eigenvalue weighted by molar-refractivity contribution is -0.137. The Labute approximate surface area is 227 Å². The molecular weight excluding hydrogens is 559 g/mol. The molecule has 0 spiro atoms. The molecule has 6 rings (SSSR count). The molecule has 14 heteroatoms. The Morgan fingerprint density at radius 1 is 1.10 bits per heavy atom. The molecule has 2 aliphatic rings. The van der Waals surface area contributed by atoms with Gasteiger partial charge in [-0.05, 0) is 54.4 Å². The molecule has 3 heterocycles. The molecule has 204 valence electrons. The molecule has 3 N–H and O–H groups in total. The van der Waals surface area contributed by atoms with Gasteiger partial charge in [0.15, 0.2) is 0 Å². The van der Waals surface area contributed by atoms with Crippen LogP contribution in [0.5, 0.6) is 0 Å². The van der Waals surface area contributed by atoms with Crippen molar-refractivity contribution in [2.75, 3.05) is 16.8 Å². The molecular formula is C26H16ClF5N6O2. The van der Waals surface area contributed by atoms with Gasteiger partial charge in [-0.15, -0.1) is 0 Å². The fraction of sp³-hybridized carbons (Fsp3) is 0.154. The normalized spacial score (nSPS) is 16.1. The number of hydrogen-bond acceptors (Lipinski definition) is 4. The van der Waals surface area contributed by atoms with Crippen molar-refractivity contribution in [2.24, 2.45) is 0 Å². The van der Waals surface area contributed by atoms with Gasteiger partial charge in [0.2, 0.25) is 0 Å². The van der Waals surface area contributed by atoms with Crippen molar-refractivity contribution in [1.82, 2.24) is 20.7 Å². The van der Waals surface area contributed by atoms with E-state index >= 15 is 0 Å². The van der Waals surface area contributed by atoms with E-state index in [1.165, 1.54) is 23.2 Å². The molecule has 8 nitrogen and oxygen atoms in total. The van der Waals surface area contributed by atoms with Gasteiger partial charge in [-0.1, -0.05) is 11.6 Å². The average molecular weight is 575 g/mol. The van der Waals surface area contributed by atoms with Crippen molar-refractivity contribution in [2.45, 2.75) is 18.6 Å². The lowest BCUT2D eigenvalue weighted by Gasteiger charge is -2.35. The van der Waals surface area contributed by atoms with Crippen molar-refractivity contribution in [1.29, 1.82) is 0 Å². The predicted molar refractivity (Wildman–Crippen MR) is 134 cm³/mol. The van der Waals surface area contributed by atoms with Gasteiger partial charge in [0.25, 0.3) is 5.91 Å². The van der Waals surface area contributed by atoms with E-state index < -0.39 is 46.9 Å². The first-order chi connectivity index (χ1) is 19.0. The molecule has 4 aromatic rings.